The van der Waals surface area contributed by atoms with Gasteiger partial charge >= 0.3 is 0 Å². The Bertz CT molecular complexity index is 476. The van der Waals surface area contributed by atoms with Crippen molar-refractivity contribution in [1.29, 1.82) is 0 Å². The Morgan fingerprint density at radius 2 is 2.14 bits per heavy atom. The van der Waals surface area contributed by atoms with Gasteiger partial charge in [-0.2, -0.15) is 0 Å². The third-order valence-corrected chi connectivity index (χ3v) is 3.59. The second kappa shape index (κ2) is 10.5. The summed E-state index contributed by atoms with van der Waals surface area (Å²) in [6.45, 7) is 4.89. The lowest BCUT2D eigenvalue weighted by Gasteiger charge is -2.16. The number of hydrogen-bond acceptors (Lipinski definition) is 1. The molecule has 0 aromatic heterocycles. The summed E-state index contributed by atoms with van der Waals surface area (Å²) in [5.41, 5.74) is 0.762. The maximum absolute atomic E-state index is 13.8. The first-order valence-corrected chi connectivity index (χ1v) is 8.21. The zero-order chi connectivity index (χ0) is 15.5. The monoisotopic (exact) mass is 310 g/mol. The molecule has 0 saturated carbocycles. The molecule has 1 aromatic carbocycles. The van der Waals surface area contributed by atoms with Crippen molar-refractivity contribution in [3.05, 3.63) is 29.6 Å². The zero-order valence-corrected chi connectivity index (χ0v) is 13.7. The fraction of sp³-hybridized carbons (Fsp3) is 0.556. The fourth-order valence-electron chi connectivity index (χ4n) is 2.01. The van der Waals surface area contributed by atoms with Crippen molar-refractivity contribution in [1.82, 2.24) is 0 Å². The SMILES string of the molecule is CCCCC(CC)COc1cc(C#CCCCl)ccc1F. The van der Waals surface area contributed by atoms with E-state index >= 15 is 0 Å². The zero-order valence-electron chi connectivity index (χ0n) is 12.9. The van der Waals surface area contributed by atoms with Gasteiger partial charge in [-0.05, 0) is 30.5 Å². The van der Waals surface area contributed by atoms with Crippen molar-refractivity contribution in [2.45, 2.75) is 46.0 Å². The molecule has 3 heteroatoms. The van der Waals surface area contributed by atoms with Gasteiger partial charge in [-0.3, -0.25) is 0 Å². The van der Waals surface area contributed by atoms with E-state index in [4.69, 9.17) is 16.3 Å². The molecule has 116 valence electrons. The number of hydrogen-bond donors (Lipinski definition) is 0. The van der Waals surface area contributed by atoms with Gasteiger partial charge in [-0.15, -0.1) is 11.6 Å². The predicted octanol–water partition coefficient (Wildman–Crippen LogP) is 5.40. The third kappa shape index (κ3) is 6.87. The first kappa shape index (κ1) is 17.9. The highest BCUT2D eigenvalue weighted by Gasteiger charge is 2.09. The van der Waals surface area contributed by atoms with Crippen LogP contribution in [0.3, 0.4) is 0 Å². The first-order valence-electron chi connectivity index (χ1n) is 7.68. The largest absolute Gasteiger partial charge is 0.490 e. The molecular weight excluding hydrogens is 287 g/mol. The van der Waals surface area contributed by atoms with Crippen LogP contribution in [0.5, 0.6) is 5.75 Å². The normalized spacial score (nSPS) is 11.6. The molecule has 21 heavy (non-hydrogen) atoms. The topological polar surface area (TPSA) is 9.23 Å². The van der Waals surface area contributed by atoms with Crippen LogP contribution in [0.25, 0.3) is 0 Å². The molecule has 0 aliphatic heterocycles. The molecule has 0 spiro atoms. The second-order valence-electron chi connectivity index (χ2n) is 5.11. The van der Waals surface area contributed by atoms with Crippen LogP contribution in [-0.2, 0) is 0 Å². The van der Waals surface area contributed by atoms with Gasteiger partial charge in [0.25, 0.3) is 0 Å². The van der Waals surface area contributed by atoms with Gasteiger partial charge in [0.2, 0.25) is 0 Å². The Balaban J connectivity index is 2.65. The summed E-state index contributed by atoms with van der Waals surface area (Å²) in [4.78, 5) is 0. The fourth-order valence-corrected chi connectivity index (χ4v) is 2.10. The van der Waals surface area contributed by atoms with E-state index in [-0.39, 0.29) is 5.82 Å². The van der Waals surface area contributed by atoms with Crippen molar-refractivity contribution in [3.8, 4) is 17.6 Å². The van der Waals surface area contributed by atoms with Crippen molar-refractivity contribution < 1.29 is 9.13 Å². The van der Waals surface area contributed by atoms with Crippen LogP contribution >= 0.6 is 11.6 Å². The Morgan fingerprint density at radius 1 is 1.33 bits per heavy atom. The minimum Gasteiger partial charge on any atom is -0.490 e. The first-order chi connectivity index (χ1) is 10.2. The minimum atomic E-state index is -0.330. The van der Waals surface area contributed by atoms with Crippen LogP contribution < -0.4 is 4.74 Å². The lowest BCUT2D eigenvalue weighted by atomic mass is 10.0. The van der Waals surface area contributed by atoms with Crippen LogP contribution in [0.2, 0.25) is 0 Å². The average molecular weight is 311 g/mol. The third-order valence-electron chi connectivity index (χ3n) is 3.40. The molecule has 1 unspecified atom stereocenters. The number of ether oxygens (including phenoxy) is 1. The standard InChI is InChI=1S/C18H24ClFO/c1-3-5-8-15(4-2)14-21-18-13-16(9-6-7-12-19)10-11-17(18)20/h10-11,13,15H,3-5,7-8,12,14H2,1-2H3. The van der Waals surface area contributed by atoms with E-state index in [1.165, 1.54) is 18.9 Å². The van der Waals surface area contributed by atoms with Crippen LogP contribution in [0.4, 0.5) is 4.39 Å². The van der Waals surface area contributed by atoms with Crippen LogP contribution in [0.15, 0.2) is 18.2 Å². The van der Waals surface area contributed by atoms with Crippen molar-refractivity contribution in [2.24, 2.45) is 5.92 Å². The summed E-state index contributed by atoms with van der Waals surface area (Å²) in [5.74, 6) is 6.86. The number of unbranched alkanes of at least 4 members (excludes halogenated alkanes) is 1. The van der Waals surface area contributed by atoms with E-state index in [0.29, 0.717) is 30.6 Å². The van der Waals surface area contributed by atoms with E-state index in [0.717, 1.165) is 18.4 Å². The lowest BCUT2D eigenvalue weighted by Crippen LogP contribution is -2.12. The molecule has 0 aliphatic rings. The molecule has 1 aromatic rings. The van der Waals surface area contributed by atoms with Crippen LogP contribution in [-0.4, -0.2) is 12.5 Å². The average Bonchev–Trinajstić information content (AvgIpc) is 2.50. The molecule has 0 fully saturated rings. The van der Waals surface area contributed by atoms with Gasteiger partial charge in [0, 0.05) is 17.9 Å². The van der Waals surface area contributed by atoms with E-state index < -0.39 is 0 Å². The smallest absolute Gasteiger partial charge is 0.165 e. The van der Waals surface area contributed by atoms with Gasteiger partial charge in [0.05, 0.1) is 6.61 Å². The van der Waals surface area contributed by atoms with Crippen molar-refractivity contribution >= 4 is 11.6 Å². The molecule has 0 radical (unpaired) electrons. The summed E-state index contributed by atoms with van der Waals surface area (Å²) in [6, 6.07) is 4.74. The predicted molar refractivity (Wildman–Crippen MR) is 87.4 cm³/mol. The number of alkyl halides is 1. The number of rotatable bonds is 8. The Kier molecular flexibility index (Phi) is 8.94. The van der Waals surface area contributed by atoms with E-state index in [1.807, 2.05) is 0 Å². The summed E-state index contributed by atoms with van der Waals surface area (Å²) in [6.07, 6.45) is 5.18. The van der Waals surface area contributed by atoms with Crippen LogP contribution in [0.1, 0.15) is 51.5 Å². The molecule has 0 saturated heterocycles. The van der Waals surface area contributed by atoms with Crippen molar-refractivity contribution in [3.63, 3.8) is 0 Å². The van der Waals surface area contributed by atoms with Crippen LogP contribution in [0, 0.1) is 23.6 Å². The maximum atomic E-state index is 13.8. The highest BCUT2D eigenvalue weighted by Crippen LogP contribution is 2.21. The highest BCUT2D eigenvalue weighted by molar-refractivity contribution is 6.18. The van der Waals surface area contributed by atoms with Gasteiger partial charge in [-0.25, -0.2) is 4.39 Å². The Hall–Kier alpha value is -1.20. The molecule has 0 heterocycles. The molecule has 0 N–H and O–H groups in total. The maximum Gasteiger partial charge on any atom is 0.165 e. The molecule has 1 rings (SSSR count). The highest BCUT2D eigenvalue weighted by atomic mass is 35.5. The number of benzene rings is 1. The molecule has 1 nitrogen and oxygen atoms in total. The lowest BCUT2D eigenvalue weighted by molar-refractivity contribution is 0.225. The Labute approximate surface area is 132 Å². The summed E-state index contributed by atoms with van der Waals surface area (Å²) in [7, 11) is 0. The molecule has 0 amide bonds. The van der Waals surface area contributed by atoms with Gasteiger partial charge < -0.3 is 4.74 Å². The number of halogens is 2. The minimum absolute atomic E-state index is 0.294. The van der Waals surface area contributed by atoms with Gasteiger partial charge in [0.1, 0.15) is 0 Å². The van der Waals surface area contributed by atoms with Crippen molar-refractivity contribution in [2.75, 3.05) is 12.5 Å². The Morgan fingerprint density at radius 3 is 2.81 bits per heavy atom. The summed E-state index contributed by atoms with van der Waals surface area (Å²) >= 11 is 5.58. The summed E-state index contributed by atoms with van der Waals surface area (Å²) in [5, 5.41) is 0. The molecule has 1 atom stereocenters. The van der Waals surface area contributed by atoms with Gasteiger partial charge in [-0.1, -0.05) is 45.0 Å². The van der Waals surface area contributed by atoms with E-state index in [1.54, 1.807) is 12.1 Å². The molecule has 0 aliphatic carbocycles. The van der Waals surface area contributed by atoms with E-state index in [2.05, 4.69) is 25.7 Å². The van der Waals surface area contributed by atoms with E-state index in [9.17, 15) is 4.39 Å². The van der Waals surface area contributed by atoms with Gasteiger partial charge in [0.15, 0.2) is 11.6 Å². The molecule has 0 bridgehead atoms. The second-order valence-corrected chi connectivity index (χ2v) is 5.49. The summed E-state index contributed by atoms with van der Waals surface area (Å²) < 4.78 is 19.4. The quantitative estimate of drug-likeness (QED) is 0.461. The molecular formula is C18H24ClFO.